The molecule has 0 aliphatic rings. The van der Waals surface area contributed by atoms with Gasteiger partial charge in [-0.1, -0.05) is 43.0 Å². The Bertz CT molecular complexity index is 1060. The predicted octanol–water partition coefficient (Wildman–Crippen LogP) is 5.83. The van der Waals surface area contributed by atoms with E-state index in [-0.39, 0.29) is 0 Å². The van der Waals surface area contributed by atoms with Crippen LogP contribution in [0.2, 0.25) is 0 Å². The smallest absolute Gasteiger partial charge is 0.191 e. The molecule has 1 aromatic carbocycles. The summed E-state index contributed by atoms with van der Waals surface area (Å²) >= 11 is 5.15. The first kappa shape index (κ1) is 18.4. The van der Waals surface area contributed by atoms with Crippen LogP contribution in [-0.4, -0.2) is 19.7 Å². The fraction of sp³-hybridized carbons (Fsp3) is 0.250. The maximum atomic E-state index is 4.81. The van der Waals surface area contributed by atoms with Gasteiger partial charge in [-0.15, -0.1) is 32.9 Å². The van der Waals surface area contributed by atoms with Crippen LogP contribution in [0.1, 0.15) is 23.1 Å². The van der Waals surface area contributed by atoms with Gasteiger partial charge >= 0.3 is 0 Å². The molecule has 0 fully saturated rings. The summed E-state index contributed by atoms with van der Waals surface area (Å²) in [6.07, 6.45) is 1.05. The Kier molecular flexibility index (Phi) is 5.43. The van der Waals surface area contributed by atoms with Crippen molar-refractivity contribution in [2.45, 2.75) is 31.2 Å². The first-order valence-electron chi connectivity index (χ1n) is 8.76. The number of thioether (sulfide) groups is 1. The van der Waals surface area contributed by atoms with Crippen molar-refractivity contribution in [3.63, 3.8) is 0 Å². The van der Waals surface area contributed by atoms with E-state index in [4.69, 9.17) is 4.98 Å². The standard InChI is InChI=1S/C20H20N4S3/c1-4-16-9-14(10-25-16)18-22-23-20(24(18)3)27-12-15-11-26-19(21-15)17-8-6-5-7-13(17)2/h5-11H,4,12H2,1-3H3. The largest absolute Gasteiger partial charge is 0.305 e. The second-order valence-electron chi connectivity index (χ2n) is 6.27. The van der Waals surface area contributed by atoms with E-state index in [9.17, 15) is 0 Å². The lowest BCUT2D eigenvalue weighted by atomic mass is 10.1. The van der Waals surface area contributed by atoms with E-state index < -0.39 is 0 Å². The molecule has 0 radical (unpaired) electrons. The van der Waals surface area contributed by atoms with E-state index in [0.29, 0.717) is 0 Å². The van der Waals surface area contributed by atoms with Crippen molar-refractivity contribution in [1.82, 2.24) is 19.7 Å². The van der Waals surface area contributed by atoms with Crippen molar-refractivity contribution in [3.05, 3.63) is 57.2 Å². The summed E-state index contributed by atoms with van der Waals surface area (Å²) in [7, 11) is 2.03. The second kappa shape index (κ2) is 7.96. The molecular formula is C20H20N4S3. The summed E-state index contributed by atoms with van der Waals surface area (Å²) in [5, 5.41) is 15.1. The van der Waals surface area contributed by atoms with E-state index in [2.05, 4.69) is 69.7 Å². The van der Waals surface area contributed by atoms with Gasteiger partial charge < -0.3 is 4.57 Å². The third-order valence-electron chi connectivity index (χ3n) is 4.37. The van der Waals surface area contributed by atoms with Crippen LogP contribution in [0.15, 0.2) is 46.2 Å². The highest BCUT2D eigenvalue weighted by atomic mass is 32.2. The molecule has 0 aliphatic heterocycles. The van der Waals surface area contributed by atoms with Crippen LogP contribution >= 0.6 is 34.4 Å². The topological polar surface area (TPSA) is 43.6 Å². The molecule has 138 valence electrons. The number of hydrogen-bond donors (Lipinski definition) is 0. The van der Waals surface area contributed by atoms with Crippen LogP contribution in [0.3, 0.4) is 0 Å². The summed E-state index contributed by atoms with van der Waals surface area (Å²) < 4.78 is 2.07. The molecule has 0 atom stereocenters. The van der Waals surface area contributed by atoms with Gasteiger partial charge in [0.2, 0.25) is 0 Å². The lowest BCUT2D eigenvalue weighted by Crippen LogP contribution is -1.94. The molecule has 0 N–H and O–H groups in total. The van der Waals surface area contributed by atoms with Gasteiger partial charge in [0.1, 0.15) is 5.01 Å². The Hall–Kier alpha value is -1.96. The average molecular weight is 413 g/mol. The van der Waals surface area contributed by atoms with Crippen molar-refractivity contribution in [2.75, 3.05) is 0 Å². The molecule has 4 nitrogen and oxygen atoms in total. The quantitative estimate of drug-likeness (QED) is 0.374. The molecule has 3 heterocycles. The molecular weight excluding hydrogens is 392 g/mol. The van der Waals surface area contributed by atoms with E-state index in [1.54, 1.807) is 34.4 Å². The number of hydrogen-bond acceptors (Lipinski definition) is 6. The Morgan fingerprint density at radius 3 is 2.74 bits per heavy atom. The van der Waals surface area contributed by atoms with Gasteiger partial charge in [0.05, 0.1) is 5.69 Å². The van der Waals surface area contributed by atoms with Gasteiger partial charge in [-0.25, -0.2) is 4.98 Å². The molecule has 4 aromatic rings. The van der Waals surface area contributed by atoms with Gasteiger partial charge in [0.15, 0.2) is 11.0 Å². The molecule has 0 amide bonds. The fourth-order valence-corrected chi connectivity index (χ4v) is 5.46. The SMILES string of the molecule is CCc1cc(-c2nnc(SCc3csc(-c4ccccc4C)n3)n2C)cs1. The number of thiophene rings is 1. The van der Waals surface area contributed by atoms with Crippen molar-refractivity contribution >= 4 is 34.4 Å². The van der Waals surface area contributed by atoms with E-state index in [1.165, 1.54) is 16.0 Å². The van der Waals surface area contributed by atoms with Crippen LogP contribution in [0, 0.1) is 6.92 Å². The Morgan fingerprint density at radius 1 is 1.11 bits per heavy atom. The number of rotatable bonds is 6. The van der Waals surface area contributed by atoms with Gasteiger partial charge in [0.25, 0.3) is 0 Å². The number of thiazole rings is 1. The van der Waals surface area contributed by atoms with Crippen LogP contribution in [0.25, 0.3) is 22.0 Å². The summed E-state index contributed by atoms with van der Waals surface area (Å²) in [5.74, 6) is 1.71. The minimum absolute atomic E-state index is 0.790. The minimum atomic E-state index is 0.790. The van der Waals surface area contributed by atoms with Crippen LogP contribution in [0.4, 0.5) is 0 Å². The molecule has 0 spiro atoms. The van der Waals surface area contributed by atoms with E-state index in [0.717, 1.165) is 39.4 Å². The monoisotopic (exact) mass is 412 g/mol. The molecule has 0 aliphatic carbocycles. The molecule has 27 heavy (non-hydrogen) atoms. The molecule has 7 heteroatoms. The molecule has 0 bridgehead atoms. The Labute approximate surface area is 171 Å². The Balaban J connectivity index is 1.48. The fourth-order valence-electron chi connectivity index (χ4n) is 2.82. The van der Waals surface area contributed by atoms with Gasteiger partial charge in [-0.3, -0.25) is 0 Å². The number of aryl methyl sites for hydroxylation is 2. The number of aromatic nitrogens is 4. The predicted molar refractivity (Wildman–Crippen MR) is 116 cm³/mol. The third-order valence-corrected chi connectivity index (χ3v) is 7.43. The van der Waals surface area contributed by atoms with Crippen molar-refractivity contribution in [1.29, 1.82) is 0 Å². The lowest BCUT2D eigenvalue weighted by molar-refractivity contribution is 0.793. The zero-order valence-electron chi connectivity index (χ0n) is 15.5. The van der Waals surface area contributed by atoms with Crippen LogP contribution in [-0.2, 0) is 19.2 Å². The zero-order chi connectivity index (χ0) is 18.8. The van der Waals surface area contributed by atoms with Crippen molar-refractivity contribution in [3.8, 4) is 22.0 Å². The van der Waals surface area contributed by atoms with Crippen LogP contribution < -0.4 is 0 Å². The number of nitrogens with zero attached hydrogens (tertiary/aromatic N) is 4. The number of benzene rings is 1. The first-order valence-corrected chi connectivity index (χ1v) is 11.5. The highest BCUT2D eigenvalue weighted by Crippen LogP contribution is 2.31. The summed E-state index contributed by atoms with van der Waals surface area (Å²) in [4.78, 5) is 6.18. The maximum Gasteiger partial charge on any atom is 0.191 e. The summed E-state index contributed by atoms with van der Waals surface area (Å²) in [5.41, 5.74) is 4.70. The highest BCUT2D eigenvalue weighted by molar-refractivity contribution is 7.98. The Morgan fingerprint density at radius 2 is 1.96 bits per heavy atom. The summed E-state index contributed by atoms with van der Waals surface area (Å²) in [6.45, 7) is 4.30. The second-order valence-corrected chi connectivity index (χ2v) is 9.06. The first-order chi connectivity index (χ1) is 13.2. The lowest BCUT2D eigenvalue weighted by Gasteiger charge is -2.02. The van der Waals surface area contributed by atoms with Gasteiger partial charge in [0, 0.05) is 39.6 Å². The van der Waals surface area contributed by atoms with Gasteiger partial charge in [-0.05, 0) is 25.0 Å². The highest BCUT2D eigenvalue weighted by Gasteiger charge is 2.14. The van der Waals surface area contributed by atoms with E-state index >= 15 is 0 Å². The molecule has 0 saturated carbocycles. The van der Waals surface area contributed by atoms with Crippen molar-refractivity contribution in [2.24, 2.45) is 7.05 Å². The van der Waals surface area contributed by atoms with E-state index in [1.807, 2.05) is 7.05 Å². The molecule has 3 aromatic heterocycles. The molecule has 4 rings (SSSR count). The zero-order valence-corrected chi connectivity index (χ0v) is 17.9. The van der Waals surface area contributed by atoms with Gasteiger partial charge in [-0.2, -0.15) is 0 Å². The average Bonchev–Trinajstić information content (AvgIpc) is 3.40. The molecule has 0 unspecified atom stereocenters. The normalized spacial score (nSPS) is 11.2. The third kappa shape index (κ3) is 3.85. The molecule has 0 saturated heterocycles. The minimum Gasteiger partial charge on any atom is -0.305 e. The van der Waals surface area contributed by atoms with Crippen molar-refractivity contribution < 1.29 is 0 Å². The summed E-state index contributed by atoms with van der Waals surface area (Å²) in [6, 6.07) is 10.6. The maximum absolute atomic E-state index is 4.81. The van der Waals surface area contributed by atoms with Crippen LogP contribution in [0.5, 0.6) is 0 Å².